The van der Waals surface area contributed by atoms with E-state index in [-0.39, 0.29) is 16.9 Å². The number of nitrogens with one attached hydrogen (secondary N) is 2. The summed E-state index contributed by atoms with van der Waals surface area (Å²) in [5.74, 6) is 0.408. The zero-order valence-electron chi connectivity index (χ0n) is 18.4. The molecule has 3 aromatic rings. The monoisotopic (exact) mass is 450 g/mol. The van der Waals surface area contributed by atoms with Gasteiger partial charge in [-0.15, -0.1) is 0 Å². The number of anilines is 2. The third kappa shape index (κ3) is 5.11. The quantitative estimate of drug-likeness (QED) is 0.308. The Morgan fingerprint density at radius 3 is 2.70 bits per heavy atom. The van der Waals surface area contributed by atoms with Crippen molar-refractivity contribution in [2.45, 2.75) is 45.7 Å². The molecule has 33 heavy (non-hydrogen) atoms. The van der Waals surface area contributed by atoms with E-state index in [0.717, 1.165) is 30.7 Å². The van der Waals surface area contributed by atoms with Crippen molar-refractivity contribution in [2.75, 3.05) is 17.2 Å². The van der Waals surface area contributed by atoms with Gasteiger partial charge in [-0.2, -0.15) is 5.10 Å². The van der Waals surface area contributed by atoms with Crippen molar-refractivity contribution in [2.24, 2.45) is 0 Å². The Labute approximate surface area is 190 Å². The van der Waals surface area contributed by atoms with Crippen molar-refractivity contribution in [3.63, 3.8) is 0 Å². The molecule has 0 bridgehead atoms. The van der Waals surface area contributed by atoms with Crippen LogP contribution in [0.5, 0.6) is 0 Å². The first-order chi connectivity index (χ1) is 15.9. The number of hydrogen-bond donors (Lipinski definition) is 2. The second-order valence-electron chi connectivity index (χ2n) is 8.12. The van der Waals surface area contributed by atoms with E-state index in [1.165, 1.54) is 16.8 Å². The highest BCUT2D eigenvalue weighted by molar-refractivity contribution is 6.05. The maximum Gasteiger partial charge on any atom is 0.345 e. The number of carbonyl (C=O) groups excluding carboxylic acids is 1. The van der Waals surface area contributed by atoms with Crippen LogP contribution in [0.1, 0.15) is 41.0 Å². The molecule has 1 aromatic heterocycles. The number of amides is 1. The molecule has 0 atom stereocenters. The molecular formula is C23H26N6O4. The fourth-order valence-corrected chi connectivity index (χ4v) is 3.86. The highest BCUT2D eigenvalue weighted by atomic mass is 16.6. The molecule has 0 saturated heterocycles. The molecule has 0 spiro atoms. The van der Waals surface area contributed by atoms with Crippen molar-refractivity contribution in [1.82, 2.24) is 14.3 Å². The van der Waals surface area contributed by atoms with Gasteiger partial charge >= 0.3 is 5.69 Å². The average molecular weight is 450 g/mol. The second-order valence-corrected chi connectivity index (χ2v) is 8.12. The number of nitrogens with zero attached hydrogens (tertiary/aromatic N) is 4. The van der Waals surface area contributed by atoms with Gasteiger partial charge in [0.05, 0.1) is 4.92 Å². The number of aromatic nitrogens is 3. The van der Waals surface area contributed by atoms with Crippen molar-refractivity contribution in [3.05, 3.63) is 80.0 Å². The third-order valence-electron chi connectivity index (χ3n) is 5.66. The lowest BCUT2D eigenvalue weighted by Gasteiger charge is -2.10. The number of fused-ring (bicyclic) bond motifs is 1. The number of aryl methyl sites for hydroxylation is 3. The van der Waals surface area contributed by atoms with E-state index in [9.17, 15) is 19.7 Å². The highest BCUT2D eigenvalue weighted by Gasteiger charge is 2.19. The van der Waals surface area contributed by atoms with Gasteiger partial charge in [0.15, 0.2) is 0 Å². The van der Waals surface area contributed by atoms with Crippen LogP contribution in [0.15, 0.2) is 47.3 Å². The zero-order chi connectivity index (χ0) is 23.4. The maximum absolute atomic E-state index is 12.5. The smallest absolute Gasteiger partial charge is 0.345 e. The Hall–Kier alpha value is -3.95. The second kappa shape index (κ2) is 9.68. The van der Waals surface area contributed by atoms with E-state index in [4.69, 9.17) is 0 Å². The summed E-state index contributed by atoms with van der Waals surface area (Å²) in [7, 11) is 0. The van der Waals surface area contributed by atoms with Gasteiger partial charge in [-0.25, -0.2) is 9.48 Å². The standard InChI is InChI=1S/C23H26N6O4/c1-16-6-9-18(10-7-16)25-22(30)17-8-11-19(20(15-17)29(32)33)24-12-4-14-28-23(31)27-13-3-2-5-21(27)26-28/h6-11,15,24H,2-5,12-14H2,1H3,(H,25,30). The van der Waals surface area contributed by atoms with E-state index in [1.54, 1.807) is 22.8 Å². The van der Waals surface area contributed by atoms with Crippen molar-refractivity contribution in [3.8, 4) is 0 Å². The molecule has 0 fully saturated rings. The highest BCUT2D eigenvalue weighted by Crippen LogP contribution is 2.26. The predicted octanol–water partition coefficient (Wildman–Crippen LogP) is 3.35. The summed E-state index contributed by atoms with van der Waals surface area (Å²) < 4.78 is 3.19. The van der Waals surface area contributed by atoms with E-state index in [2.05, 4.69) is 15.7 Å². The van der Waals surface area contributed by atoms with Crippen LogP contribution in [-0.2, 0) is 19.5 Å². The number of carbonyl (C=O) groups is 1. The Bertz CT molecular complexity index is 1230. The van der Waals surface area contributed by atoms with Crippen LogP contribution in [0.3, 0.4) is 0 Å². The zero-order valence-corrected chi connectivity index (χ0v) is 18.4. The first-order valence-corrected chi connectivity index (χ1v) is 11.0. The molecule has 0 saturated carbocycles. The van der Waals surface area contributed by atoms with Crippen LogP contribution in [0.2, 0.25) is 0 Å². The number of nitro benzene ring substituents is 1. The molecule has 10 nitrogen and oxygen atoms in total. The van der Waals surface area contributed by atoms with Crippen molar-refractivity contribution >= 4 is 23.0 Å². The molecule has 0 radical (unpaired) electrons. The largest absolute Gasteiger partial charge is 0.379 e. The first kappa shape index (κ1) is 22.3. The van der Waals surface area contributed by atoms with Gasteiger partial charge in [-0.05, 0) is 50.5 Å². The van der Waals surface area contributed by atoms with Crippen LogP contribution in [0.25, 0.3) is 0 Å². The molecule has 1 aliphatic rings. The van der Waals surface area contributed by atoms with E-state index in [0.29, 0.717) is 37.4 Å². The molecule has 0 aliphatic carbocycles. The minimum Gasteiger partial charge on any atom is -0.379 e. The van der Waals surface area contributed by atoms with E-state index >= 15 is 0 Å². The van der Waals surface area contributed by atoms with Crippen LogP contribution >= 0.6 is 0 Å². The summed E-state index contributed by atoms with van der Waals surface area (Å²) in [6.45, 7) is 3.51. The van der Waals surface area contributed by atoms with Crippen LogP contribution in [-0.4, -0.2) is 31.7 Å². The third-order valence-corrected chi connectivity index (χ3v) is 5.66. The predicted molar refractivity (Wildman–Crippen MR) is 125 cm³/mol. The number of nitro groups is 1. The van der Waals surface area contributed by atoms with Crippen LogP contribution in [0, 0.1) is 17.0 Å². The normalized spacial score (nSPS) is 12.8. The minimum absolute atomic E-state index is 0.0976. The molecule has 0 unspecified atom stereocenters. The Balaban J connectivity index is 1.38. The average Bonchev–Trinajstić information content (AvgIpc) is 3.13. The minimum atomic E-state index is -0.515. The topological polar surface area (TPSA) is 124 Å². The van der Waals surface area contributed by atoms with Crippen molar-refractivity contribution < 1.29 is 9.72 Å². The number of rotatable bonds is 8. The summed E-state index contributed by atoms with van der Waals surface area (Å²) in [6, 6.07) is 11.6. The fourth-order valence-electron chi connectivity index (χ4n) is 3.86. The van der Waals surface area contributed by atoms with Gasteiger partial charge in [-0.3, -0.25) is 19.5 Å². The molecular weight excluding hydrogens is 424 g/mol. The lowest BCUT2D eigenvalue weighted by atomic mass is 10.1. The molecule has 1 amide bonds. The maximum atomic E-state index is 12.5. The number of hydrogen-bond acceptors (Lipinski definition) is 6. The molecule has 2 heterocycles. The van der Waals surface area contributed by atoms with Gasteiger partial charge in [-0.1, -0.05) is 17.7 Å². The Morgan fingerprint density at radius 1 is 1.18 bits per heavy atom. The van der Waals surface area contributed by atoms with E-state index < -0.39 is 10.8 Å². The van der Waals surface area contributed by atoms with Crippen LogP contribution < -0.4 is 16.3 Å². The lowest BCUT2D eigenvalue weighted by molar-refractivity contribution is -0.384. The molecule has 4 rings (SSSR count). The first-order valence-electron chi connectivity index (χ1n) is 11.0. The van der Waals surface area contributed by atoms with E-state index in [1.807, 2.05) is 19.1 Å². The van der Waals surface area contributed by atoms with Gasteiger partial charge in [0.25, 0.3) is 11.6 Å². The van der Waals surface area contributed by atoms with Gasteiger partial charge in [0.2, 0.25) is 0 Å². The Kier molecular flexibility index (Phi) is 6.53. The molecule has 2 N–H and O–H groups in total. The lowest BCUT2D eigenvalue weighted by Crippen LogP contribution is -2.27. The summed E-state index contributed by atoms with van der Waals surface area (Å²) in [4.78, 5) is 36.0. The molecule has 2 aromatic carbocycles. The molecule has 10 heteroatoms. The van der Waals surface area contributed by atoms with Crippen molar-refractivity contribution in [1.29, 1.82) is 0 Å². The summed E-state index contributed by atoms with van der Waals surface area (Å²) in [5, 5.41) is 21.8. The summed E-state index contributed by atoms with van der Waals surface area (Å²) >= 11 is 0. The van der Waals surface area contributed by atoms with Crippen LogP contribution in [0.4, 0.5) is 17.1 Å². The SMILES string of the molecule is Cc1ccc(NC(=O)c2ccc(NCCCn3nc4n(c3=O)CCCC4)c([N+](=O)[O-])c2)cc1. The fraction of sp³-hybridized carbons (Fsp3) is 0.348. The van der Waals surface area contributed by atoms with Gasteiger partial charge in [0, 0.05) is 43.4 Å². The summed E-state index contributed by atoms with van der Waals surface area (Å²) in [5.41, 5.74) is 1.93. The van der Waals surface area contributed by atoms with Gasteiger partial charge in [0.1, 0.15) is 11.5 Å². The molecule has 1 aliphatic heterocycles. The van der Waals surface area contributed by atoms with Gasteiger partial charge < -0.3 is 10.6 Å². The Morgan fingerprint density at radius 2 is 1.97 bits per heavy atom. The number of benzene rings is 2. The molecule has 172 valence electrons. The summed E-state index contributed by atoms with van der Waals surface area (Å²) in [6.07, 6.45) is 3.42.